The summed E-state index contributed by atoms with van der Waals surface area (Å²) in [5.74, 6) is -1.84. The molecule has 0 amide bonds. The van der Waals surface area contributed by atoms with Crippen LogP contribution in [0.2, 0.25) is 0 Å². The number of benzene rings is 1. The van der Waals surface area contributed by atoms with Crippen LogP contribution in [0, 0.1) is 0 Å². The number of ether oxygens (including phenoxy) is 2. The van der Waals surface area contributed by atoms with Gasteiger partial charge in [0.15, 0.2) is 0 Å². The minimum Gasteiger partial charge on any atom is -0.744 e. The Kier molecular flexibility index (Phi) is 35.2. The van der Waals surface area contributed by atoms with Crippen LogP contribution in [0.1, 0.15) is 214 Å². The van der Waals surface area contributed by atoms with Crippen molar-refractivity contribution in [3.05, 3.63) is 53.6 Å². The summed E-state index contributed by atoms with van der Waals surface area (Å²) >= 11 is 0. The van der Waals surface area contributed by atoms with Gasteiger partial charge in [0, 0.05) is 0 Å². The van der Waals surface area contributed by atoms with Gasteiger partial charge in [0.05, 0.1) is 29.2 Å². The molecule has 0 heterocycles. The second-order valence-corrected chi connectivity index (χ2v) is 15.6. The molecule has 0 radical (unpaired) electrons. The van der Waals surface area contributed by atoms with Crippen molar-refractivity contribution in [1.82, 2.24) is 0 Å². The fourth-order valence-electron chi connectivity index (χ4n) is 6.30. The summed E-state index contributed by atoms with van der Waals surface area (Å²) < 4.78 is 46.6. The number of carbonyl (C=O) groups excluding carboxylic acids is 2. The topological polar surface area (TPSA) is 110 Å². The third-order valence-electron chi connectivity index (χ3n) is 9.50. The van der Waals surface area contributed by atoms with Gasteiger partial charge >= 0.3 is 41.5 Å². The van der Waals surface area contributed by atoms with Crippen LogP contribution < -0.4 is 29.6 Å². The summed E-state index contributed by atoms with van der Waals surface area (Å²) in [6, 6.07) is 3.59. The summed E-state index contributed by atoms with van der Waals surface area (Å²) in [4.78, 5) is 25.1. The Morgan fingerprint density at radius 1 is 0.528 bits per heavy atom. The van der Waals surface area contributed by atoms with Crippen molar-refractivity contribution >= 4 is 22.1 Å². The zero-order valence-electron chi connectivity index (χ0n) is 34.0. The van der Waals surface area contributed by atoms with Crippen LogP contribution in [0.15, 0.2) is 47.4 Å². The number of unbranched alkanes of at least 4 members (excludes halogenated alkanes) is 24. The first-order chi connectivity index (χ1) is 25.3. The molecule has 7 nitrogen and oxygen atoms in total. The fraction of sp³-hybridized carbons (Fsp3) is 0.727. The van der Waals surface area contributed by atoms with Crippen LogP contribution in [0.3, 0.4) is 0 Å². The molecule has 1 aromatic rings. The Bertz CT molecular complexity index is 1210. The van der Waals surface area contributed by atoms with Crippen LogP contribution in [-0.2, 0) is 19.6 Å². The average molecular weight is 769 g/mol. The van der Waals surface area contributed by atoms with Gasteiger partial charge in [-0.25, -0.2) is 18.0 Å². The quantitative estimate of drug-likeness (QED) is 0.0222. The Morgan fingerprint density at radius 2 is 0.868 bits per heavy atom. The minimum absolute atomic E-state index is 0. The molecule has 0 aliphatic rings. The van der Waals surface area contributed by atoms with Gasteiger partial charge in [-0.2, -0.15) is 0 Å². The third kappa shape index (κ3) is 28.6. The molecule has 53 heavy (non-hydrogen) atoms. The molecule has 0 fully saturated rings. The molecule has 0 saturated carbocycles. The summed E-state index contributed by atoms with van der Waals surface area (Å²) in [6.07, 6.45) is 41.9. The second-order valence-electron chi connectivity index (χ2n) is 14.3. The van der Waals surface area contributed by atoms with Crippen molar-refractivity contribution in [2.24, 2.45) is 0 Å². The van der Waals surface area contributed by atoms with E-state index in [1.807, 2.05) is 0 Å². The van der Waals surface area contributed by atoms with Crippen LogP contribution in [-0.4, -0.2) is 38.1 Å². The molecule has 0 aliphatic heterocycles. The summed E-state index contributed by atoms with van der Waals surface area (Å²) in [5.41, 5.74) is -0.808. The van der Waals surface area contributed by atoms with Gasteiger partial charge < -0.3 is 14.0 Å². The van der Waals surface area contributed by atoms with Gasteiger partial charge in [0.1, 0.15) is 10.1 Å². The minimum atomic E-state index is -5.02. The molecule has 0 atom stereocenters. The van der Waals surface area contributed by atoms with Gasteiger partial charge in [-0.05, 0) is 89.2 Å². The maximum Gasteiger partial charge on any atom is 1.00 e. The van der Waals surface area contributed by atoms with Crippen LogP contribution in [0.25, 0.3) is 0 Å². The molecule has 0 N–H and O–H groups in total. The third-order valence-corrected chi connectivity index (χ3v) is 10.4. The van der Waals surface area contributed by atoms with Crippen molar-refractivity contribution in [2.45, 2.75) is 199 Å². The normalized spacial score (nSPS) is 11.7. The maximum absolute atomic E-state index is 13.0. The van der Waals surface area contributed by atoms with E-state index in [4.69, 9.17) is 9.47 Å². The largest absolute Gasteiger partial charge is 1.00 e. The predicted molar refractivity (Wildman–Crippen MR) is 214 cm³/mol. The maximum atomic E-state index is 13.0. The zero-order chi connectivity index (χ0) is 38.0. The van der Waals surface area contributed by atoms with E-state index in [0.29, 0.717) is 12.8 Å². The predicted octanol–water partition coefficient (Wildman–Crippen LogP) is 9.98. The van der Waals surface area contributed by atoms with Gasteiger partial charge in [-0.3, -0.25) is 0 Å². The molecular weight excluding hydrogens is 696 g/mol. The van der Waals surface area contributed by atoms with E-state index in [1.165, 1.54) is 128 Å². The van der Waals surface area contributed by atoms with E-state index in [-0.39, 0.29) is 48.3 Å². The van der Waals surface area contributed by atoms with E-state index < -0.39 is 32.5 Å². The fourth-order valence-corrected chi connectivity index (χ4v) is 6.99. The van der Waals surface area contributed by atoms with Crippen molar-refractivity contribution < 1.29 is 61.6 Å². The van der Waals surface area contributed by atoms with E-state index in [0.717, 1.165) is 57.4 Å². The molecule has 1 rings (SSSR count). The molecular formula is C44H73NaO7S. The number of hydrogen-bond donors (Lipinski definition) is 0. The van der Waals surface area contributed by atoms with E-state index in [9.17, 15) is 22.6 Å². The molecule has 0 saturated heterocycles. The molecule has 0 unspecified atom stereocenters. The summed E-state index contributed by atoms with van der Waals surface area (Å²) in [6.45, 7) is 4.70. The summed E-state index contributed by atoms with van der Waals surface area (Å²) in [7, 11) is -5.02. The van der Waals surface area contributed by atoms with Gasteiger partial charge in [0.2, 0.25) is 0 Å². The first kappa shape index (κ1) is 51.5. The molecule has 1 aromatic carbocycles. The molecule has 0 spiro atoms. The second kappa shape index (κ2) is 36.2. The van der Waals surface area contributed by atoms with Crippen molar-refractivity contribution in [3.63, 3.8) is 0 Å². The monoisotopic (exact) mass is 768 g/mol. The zero-order valence-corrected chi connectivity index (χ0v) is 36.8. The van der Waals surface area contributed by atoms with E-state index >= 15 is 0 Å². The molecule has 0 aromatic heterocycles. The van der Waals surface area contributed by atoms with E-state index in [1.54, 1.807) is 0 Å². The Labute approximate surface area is 347 Å². The number of hydrogen-bond acceptors (Lipinski definition) is 7. The van der Waals surface area contributed by atoms with Crippen molar-refractivity contribution in [3.8, 4) is 0 Å². The number of rotatable bonds is 35. The average Bonchev–Trinajstić information content (AvgIpc) is 3.13. The van der Waals surface area contributed by atoms with Crippen LogP contribution >= 0.6 is 0 Å². The van der Waals surface area contributed by atoms with Crippen LogP contribution in [0.4, 0.5) is 0 Å². The number of allylic oxidation sites excluding steroid dienone is 4. The summed E-state index contributed by atoms with van der Waals surface area (Å²) in [5, 5.41) is 0. The Hall–Kier alpha value is -1.45. The SMILES string of the molecule is CCCCCCCCCCC/C=C/CCCCCOC(=O)c1cccc(S(=O)(=O)[O-])c1C(=O)OCCCCC/C=C/CCCCCCCCCCC.[Na+]. The molecule has 0 bridgehead atoms. The van der Waals surface area contributed by atoms with E-state index in [2.05, 4.69) is 38.2 Å². The van der Waals surface area contributed by atoms with Crippen molar-refractivity contribution in [1.29, 1.82) is 0 Å². The van der Waals surface area contributed by atoms with Gasteiger partial charge in [0.25, 0.3) is 0 Å². The Balaban J connectivity index is 0.0000270. The molecule has 0 aliphatic carbocycles. The molecule has 298 valence electrons. The Morgan fingerprint density at radius 3 is 1.25 bits per heavy atom. The van der Waals surface area contributed by atoms with Gasteiger partial charge in [-0.15, -0.1) is 0 Å². The molecule has 9 heteroatoms. The standard InChI is InChI=1S/C44H74O7S.Na/c1-3-5-7-9-11-13-15-17-19-21-23-25-27-29-31-33-38-50-43(45)40-36-35-37-41(52(47,48)49)42(40)44(46)51-39-34-32-30-28-26-24-22-20-18-16-14-12-10-8-6-4-2;/h23-26,35-37H,3-22,27-34,38-39H2,1-2H3,(H,47,48,49);/q;+1/p-1/b25-23+,26-24+;. The first-order valence-electron chi connectivity index (χ1n) is 21.1. The smallest absolute Gasteiger partial charge is 0.744 e. The first-order valence-corrected chi connectivity index (χ1v) is 22.5. The van der Waals surface area contributed by atoms with Crippen LogP contribution in [0.5, 0.6) is 0 Å². The van der Waals surface area contributed by atoms with Crippen molar-refractivity contribution in [2.75, 3.05) is 13.2 Å². The number of carbonyl (C=O) groups is 2. The number of esters is 2. The van der Waals surface area contributed by atoms with Gasteiger partial charge in [-0.1, -0.05) is 147 Å².